The van der Waals surface area contributed by atoms with E-state index in [4.69, 9.17) is 4.74 Å². The van der Waals surface area contributed by atoms with E-state index < -0.39 is 6.10 Å². The van der Waals surface area contributed by atoms with E-state index in [0.717, 1.165) is 0 Å². The van der Waals surface area contributed by atoms with Crippen LogP contribution in [-0.2, 0) is 4.74 Å². The Balaban J connectivity index is 2.16. The molecule has 1 aromatic heterocycles. The lowest BCUT2D eigenvalue weighted by Crippen LogP contribution is -2.22. The number of aliphatic hydroxyl groups is 1. The highest BCUT2D eigenvalue weighted by Crippen LogP contribution is 2.17. The SMILES string of the molecule is OC1COCC1n1cccn1. The third kappa shape index (κ3) is 1.15. The van der Waals surface area contributed by atoms with Gasteiger partial charge in [0.2, 0.25) is 0 Å². The summed E-state index contributed by atoms with van der Waals surface area (Å²) in [4.78, 5) is 0. The molecule has 1 saturated heterocycles. The number of hydrogen-bond donors (Lipinski definition) is 1. The number of rotatable bonds is 1. The van der Waals surface area contributed by atoms with Gasteiger partial charge in [-0.2, -0.15) is 5.10 Å². The van der Waals surface area contributed by atoms with Crippen LogP contribution in [0.25, 0.3) is 0 Å². The summed E-state index contributed by atoms with van der Waals surface area (Å²) in [7, 11) is 0. The van der Waals surface area contributed by atoms with Gasteiger partial charge in [-0.05, 0) is 6.07 Å². The largest absolute Gasteiger partial charge is 0.388 e. The zero-order chi connectivity index (χ0) is 7.68. The minimum Gasteiger partial charge on any atom is -0.388 e. The molecule has 1 N–H and O–H groups in total. The Bertz CT molecular complexity index is 222. The van der Waals surface area contributed by atoms with Crippen LogP contribution in [0.3, 0.4) is 0 Å². The molecule has 0 amide bonds. The van der Waals surface area contributed by atoms with Gasteiger partial charge in [0.1, 0.15) is 12.1 Å². The Morgan fingerprint density at radius 1 is 1.55 bits per heavy atom. The van der Waals surface area contributed by atoms with E-state index in [0.29, 0.717) is 13.2 Å². The maximum Gasteiger partial charge on any atom is 0.103 e. The average molecular weight is 154 g/mol. The predicted molar refractivity (Wildman–Crippen MR) is 38.1 cm³/mol. The van der Waals surface area contributed by atoms with Crippen molar-refractivity contribution in [3.63, 3.8) is 0 Å². The third-order valence-electron chi connectivity index (χ3n) is 1.89. The summed E-state index contributed by atoms with van der Waals surface area (Å²) in [6, 6.07) is 1.84. The predicted octanol–water partition coefficient (Wildman–Crippen LogP) is -0.185. The molecule has 2 atom stereocenters. The molecule has 2 heterocycles. The molecule has 4 heteroatoms. The van der Waals surface area contributed by atoms with Crippen molar-refractivity contribution < 1.29 is 9.84 Å². The summed E-state index contributed by atoms with van der Waals surface area (Å²) in [6.45, 7) is 0.980. The molecule has 11 heavy (non-hydrogen) atoms. The number of hydrogen-bond acceptors (Lipinski definition) is 3. The normalized spacial score (nSPS) is 31.0. The van der Waals surface area contributed by atoms with Crippen molar-refractivity contribution in [2.75, 3.05) is 13.2 Å². The summed E-state index contributed by atoms with van der Waals surface area (Å²) in [6.07, 6.45) is 3.13. The molecule has 1 aromatic rings. The maximum absolute atomic E-state index is 9.37. The summed E-state index contributed by atoms with van der Waals surface area (Å²) in [5, 5.41) is 13.4. The molecule has 0 bridgehead atoms. The second-order valence-corrected chi connectivity index (χ2v) is 2.66. The van der Waals surface area contributed by atoms with Crippen LogP contribution in [0.4, 0.5) is 0 Å². The fourth-order valence-corrected chi connectivity index (χ4v) is 1.26. The highest BCUT2D eigenvalue weighted by atomic mass is 16.5. The van der Waals surface area contributed by atoms with E-state index >= 15 is 0 Å². The first-order valence-corrected chi connectivity index (χ1v) is 3.63. The topological polar surface area (TPSA) is 47.3 Å². The molecule has 1 aliphatic heterocycles. The van der Waals surface area contributed by atoms with Crippen LogP contribution in [-0.4, -0.2) is 34.2 Å². The Morgan fingerprint density at radius 2 is 2.45 bits per heavy atom. The van der Waals surface area contributed by atoms with Gasteiger partial charge in [0, 0.05) is 12.4 Å². The second kappa shape index (κ2) is 2.64. The van der Waals surface area contributed by atoms with E-state index in [1.807, 2.05) is 12.3 Å². The van der Waals surface area contributed by atoms with Crippen LogP contribution in [0.15, 0.2) is 18.5 Å². The first-order valence-electron chi connectivity index (χ1n) is 3.63. The van der Waals surface area contributed by atoms with E-state index in [2.05, 4.69) is 5.10 Å². The average Bonchev–Trinajstić information content (AvgIpc) is 2.55. The van der Waals surface area contributed by atoms with Gasteiger partial charge in [-0.25, -0.2) is 0 Å². The fourth-order valence-electron chi connectivity index (χ4n) is 1.26. The molecular weight excluding hydrogens is 144 g/mol. The highest BCUT2D eigenvalue weighted by molar-refractivity contribution is 4.86. The summed E-state index contributed by atoms with van der Waals surface area (Å²) < 4.78 is 6.82. The van der Waals surface area contributed by atoms with Gasteiger partial charge in [0.05, 0.1) is 13.2 Å². The Labute approximate surface area is 64.4 Å². The van der Waals surface area contributed by atoms with E-state index in [1.165, 1.54) is 0 Å². The molecule has 0 saturated carbocycles. The lowest BCUT2D eigenvalue weighted by atomic mass is 10.2. The van der Waals surface area contributed by atoms with Gasteiger partial charge in [0.25, 0.3) is 0 Å². The molecule has 0 aromatic carbocycles. The third-order valence-corrected chi connectivity index (χ3v) is 1.89. The molecule has 1 fully saturated rings. The quantitative estimate of drug-likeness (QED) is 0.610. The molecule has 2 unspecified atom stereocenters. The molecule has 1 aliphatic rings. The van der Waals surface area contributed by atoms with Crippen LogP contribution in [0.2, 0.25) is 0 Å². The Hall–Kier alpha value is -0.870. The van der Waals surface area contributed by atoms with Crippen molar-refractivity contribution in [3.05, 3.63) is 18.5 Å². The molecule has 60 valence electrons. The van der Waals surface area contributed by atoms with Crippen molar-refractivity contribution in [1.29, 1.82) is 0 Å². The van der Waals surface area contributed by atoms with Crippen LogP contribution < -0.4 is 0 Å². The smallest absolute Gasteiger partial charge is 0.103 e. The van der Waals surface area contributed by atoms with Gasteiger partial charge in [0.15, 0.2) is 0 Å². The standard InChI is InChI=1S/C7H10N2O2/c10-7-5-11-4-6(7)9-3-1-2-8-9/h1-3,6-7,10H,4-5H2. The zero-order valence-corrected chi connectivity index (χ0v) is 6.05. The number of aliphatic hydroxyl groups excluding tert-OH is 1. The first-order chi connectivity index (χ1) is 5.38. The van der Waals surface area contributed by atoms with Crippen molar-refractivity contribution in [2.45, 2.75) is 12.1 Å². The van der Waals surface area contributed by atoms with Gasteiger partial charge < -0.3 is 9.84 Å². The summed E-state index contributed by atoms with van der Waals surface area (Å²) in [5.41, 5.74) is 0. The Kier molecular flexibility index (Phi) is 1.63. The second-order valence-electron chi connectivity index (χ2n) is 2.66. The van der Waals surface area contributed by atoms with Crippen molar-refractivity contribution in [2.24, 2.45) is 0 Å². The van der Waals surface area contributed by atoms with Crippen molar-refractivity contribution in [1.82, 2.24) is 9.78 Å². The lowest BCUT2D eigenvalue weighted by molar-refractivity contribution is 0.118. The van der Waals surface area contributed by atoms with Crippen LogP contribution >= 0.6 is 0 Å². The molecule has 0 radical (unpaired) electrons. The summed E-state index contributed by atoms with van der Waals surface area (Å²) in [5.74, 6) is 0. The Morgan fingerprint density at radius 3 is 3.00 bits per heavy atom. The minimum absolute atomic E-state index is 0.00463. The fraction of sp³-hybridized carbons (Fsp3) is 0.571. The molecule has 0 aliphatic carbocycles. The summed E-state index contributed by atoms with van der Waals surface area (Å²) >= 11 is 0. The van der Waals surface area contributed by atoms with Crippen LogP contribution in [0.1, 0.15) is 6.04 Å². The van der Waals surface area contributed by atoms with Gasteiger partial charge >= 0.3 is 0 Å². The minimum atomic E-state index is -0.408. The van der Waals surface area contributed by atoms with Gasteiger partial charge in [-0.1, -0.05) is 0 Å². The van der Waals surface area contributed by atoms with E-state index in [1.54, 1.807) is 10.9 Å². The molecule has 0 spiro atoms. The lowest BCUT2D eigenvalue weighted by Gasteiger charge is -2.11. The van der Waals surface area contributed by atoms with Gasteiger partial charge in [-0.3, -0.25) is 4.68 Å². The molecule has 2 rings (SSSR count). The van der Waals surface area contributed by atoms with Crippen molar-refractivity contribution >= 4 is 0 Å². The number of aromatic nitrogens is 2. The first kappa shape index (κ1) is 6.82. The van der Waals surface area contributed by atoms with E-state index in [-0.39, 0.29) is 6.04 Å². The zero-order valence-electron chi connectivity index (χ0n) is 6.05. The monoisotopic (exact) mass is 154 g/mol. The van der Waals surface area contributed by atoms with Crippen molar-refractivity contribution in [3.8, 4) is 0 Å². The molecular formula is C7H10N2O2. The number of nitrogens with zero attached hydrogens (tertiary/aromatic N) is 2. The molecule has 4 nitrogen and oxygen atoms in total. The van der Waals surface area contributed by atoms with Crippen LogP contribution in [0.5, 0.6) is 0 Å². The maximum atomic E-state index is 9.37. The van der Waals surface area contributed by atoms with Gasteiger partial charge in [-0.15, -0.1) is 0 Å². The van der Waals surface area contributed by atoms with E-state index in [9.17, 15) is 5.11 Å². The van der Waals surface area contributed by atoms with Crippen LogP contribution in [0, 0.1) is 0 Å². The number of ether oxygens (including phenoxy) is 1. The highest BCUT2D eigenvalue weighted by Gasteiger charge is 2.27.